The molecular formula is C7H14N2O3S. The van der Waals surface area contributed by atoms with E-state index in [9.17, 15) is 9.59 Å². The third kappa shape index (κ3) is 7.45. The molecule has 13 heavy (non-hydrogen) atoms. The highest BCUT2D eigenvalue weighted by atomic mass is 32.2. The zero-order valence-electron chi connectivity index (χ0n) is 7.66. The maximum Gasteiger partial charge on any atom is 0.323 e. The van der Waals surface area contributed by atoms with E-state index in [1.807, 2.05) is 13.2 Å². The molecule has 0 aromatic heterocycles. The standard InChI is InChI=1S/C7H14N2O3S/c1-5(4-13-2)9-7(12)8-3-6(10)11/h5H,3-4H2,1-2H3,(H,10,11)(H2,8,9,12). The molecule has 0 aromatic rings. The molecule has 0 spiro atoms. The molecule has 76 valence electrons. The summed E-state index contributed by atoms with van der Waals surface area (Å²) in [4.78, 5) is 21.0. The van der Waals surface area contributed by atoms with E-state index in [4.69, 9.17) is 5.11 Å². The number of aliphatic carboxylic acids is 1. The molecule has 0 bridgehead atoms. The highest BCUT2D eigenvalue weighted by molar-refractivity contribution is 7.98. The second-order valence-electron chi connectivity index (χ2n) is 2.58. The van der Waals surface area contributed by atoms with Gasteiger partial charge in [-0.25, -0.2) is 4.79 Å². The fourth-order valence-corrected chi connectivity index (χ4v) is 1.31. The molecular weight excluding hydrogens is 192 g/mol. The average Bonchev–Trinajstić information content (AvgIpc) is 2.01. The minimum absolute atomic E-state index is 0.0452. The van der Waals surface area contributed by atoms with Crippen LogP contribution in [0.25, 0.3) is 0 Å². The van der Waals surface area contributed by atoms with E-state index in [2.05, 4.69) is 10.6 Å². The number of hydrogen-bond acceptors (Lipinski definition) is 3. The molecule has 0 saturated heterocycles. The SMILES string of the molecule is CSCC(C)NC(=O)NCC(=O)O. The van der Waals surface area contributed by atoms with Crippen LogP contribution in [0.2, 0.25) is 0 Å². The van der Waals surface area contributed by atoms with Crippen LogP contribution in [0, 0.1) is 0 Å². The van der Waals surface area contributed by atoms with Gasteiger partial charge in [0.25, 0.3) is 0 Å². The van der Waals surface area contributed by atoms with Crippen LogP contribution in [0.3, 0.4) is 0 Å². The Morgan fingerprint density at radius 1 is 1.54 bits per heavy atom. The van der Waals surface area contributed by atoms with Crippen molar-refractivity contribution in [2.75, 3.05) is 18.6 Å². The minimum Gasteiger partial charge on any atom is -0.480 e. The second kappa shape index (κ2) is 6.59. The van der Waals surface area contributed by atoms with E-state index < -0.39 is 12.0 Å². The predicted molar refractivity (Wildman–Crippen MR) is 52.0 cm³/mol. The van der Waals surface area contributed by atoms with Crippen LogP contribution in [0.4, 0.5) is 4.79 Å². The molecule has 1 atom stereocenters. The third-order valence-electron chi connectivity index (χ3n) is 1.19. The van der Waals surface area contributed by atoms with Crippen molar-refractivity contribution in [1.29, 1.82) is 0 Å². The maximum atomic E-state index is 10.9. The number of nitrogens with one attached hydrogen (secondary N) is 2. The van der Waals surface area contributed by atoms with Gasteiger partial charge in [0.1, 0.15) is 6.54 Å². The lowest BCUT2D eigenvalue weighted by atomic mass is 10.4. The first-order valence-electron chi connectivity index (χ1n) is 3.81. The highest BCUT2D eigenvalue weighted by Gasteiger charge is 2.06. The number of rotatable bonds is 5. The van der Waals surface area contributed by atoms with Gasteiger partial charge in [-0.05, 0) is 13.2 Å². The number of carboxylic acid groups (broad SMARTS) is 1. The zero-order valence-corrected chi connectivity index (χ0v) is 8.48. The number of urea groups is 1. The molecule has 6 heteroatoms. The van der Waals surface area contributed by atoms with Gasteiger partial charge in [-0.3, -0.25) is 4.79 Å². The van der Waals surface area contributed by atoms with Crippen molar-refractivity contribution in [3.8, 4) is 0 Å². The largest absolute Gasteiger partial charge is 0.480 e. The van der Waals surface area contributed by atoms with Gasteiger partial charge in [0.2, 0.25) is 0 Å². The Morgan fingerprint density at radius 3 is 2.62 bits per heavy atom. The van der Waals surface area contributed by atoms with Crippen molar-refractivity contribution < 1.29 is 14.7 Å². The van der Waals surface area contributed by atoms with Gasteiger partial charge in [-0.15, -0.1) is 0 Å². The quantitative estimate of drug-likeness (QED) is 0.597. The van der Waals surface area contributed by atoms with E-state index >= 15 is 0 Å². The zero-order chi connectivity index (χ0) is 10.3. The molecule has 3 N–H and O–H groups in total. The molecule has 0 aliphatic carbocycles. The van der Waals surface area contributed by atoms with Crippen LogP contribution in [0.5, 0.6) is 0 Å². The Balaban J connectivity index is 3.55. The number of thioether (sulfide) groups is 1. The number of carboxylic acids is 1. The summed E-state index contributed by atoms with van der Waals surface area (Å²) in [6, 6.07) is -0.396. The molecule has 2 amide bonds. The Morgan fingerprint density at radius 2 is 2.15 bits per heavy atom. The van der Waals surface area contributed by atoms with Gasteiger partial charge < -0.3 is 15.7 Å². The summed E-state index contributed by atoms with van der Waals surface area (Å²) in [5, 5.41) is 13.1. The first kappa shape index (κ1) is 12.1. The number of carbonyl (C=O) groups is 2. The second-order valence-corrected chi connectivity index (χ2v) is 3.49. The van der Waals surface area contributed by atoms with Crippen molar-refractivity contribution >= 4 is 23.8 Å². The number of hydrogen-bond donors (Lipinski definition) is 3. The van der Waals surface area contributed by atoms with Crippen molar-refractivity contribution in [3.63, 3.8) is 0 Å². The van der Waals surface area contributed by atoms with Crippen molar-refractivity contribution in [1.82, 2.24) is 10.6 Å². The molecule has 5 nitrogen and oxygen atoms in total. The van der Waals surface area contributed by atoms with Gasteiger partial charge in [-0.1, -0.05) is 0 Å². The third-order valence-corrected chi connectivity index (χ3v) is 2.03. The normalized spacial score (nSPS) is 11.8. The number of amides is 2. The van der Waals surface area contributed by atoms with Gasteiger partial charge in [-0.2, -0.15) is 11.8 Å². The van der Waals surface area contributed by atoms with Crippen LogP contribution < -0.4 is 10.6 Å². The lowest BCUT2D eigenvalue weighted by molar-refractivity contribution is -0.135. The minimum atomic E-state index is -1.05. The highest BCUT2D eigenvalue weighted by Crippen LogP contribution is 1.95. The first-order chi connectivity index (χ1) is 6.06. The van der Waals surface area contributed by atoms with E-state index in [0.29, 0.717) is 0 Å². The molecule has 0 heterocycles. The molecule has 0 rings (SSSR count). The van der Waals surface area contributed by atoms with Crippen LogP contribution >= 0.6 is 11.8 Å². The van der Waals surface area contributed by atoms with Gasteiger partial charge in [0, 0.05) is 11.8 Å². The molecule has 0 saturated carbocycles. The van der Waals surface area contributed by atoms with E-state index in [0.717, 1.165) is 5.75 Å². The lowest BCUT2D eigenvalue weighted by Crippen LogP contribution is -2.43. The Bertz CT molecular complexity index is 187. The van der Waals surface area contributed by atoms with E-state index in [1.54, 1.807) is 11.8 Å². The molecule has 0 fully saturated rings. The summed E-state index contributed by atoms with van der Waals surface area (Å²) in [7, 11) is 0. The molecule has 0 aromatic carbocycles. The van der Waals surface area contributed by atoms with E-state index in [1.165, 1.54) is 0 Å². The van der Waals surface area contributed by atoms with Crippen LogP contribution in [0.1, 0.15) is 6.92 Å². The summed E-state index contributed by atoms with van der Waals surface area (Å²) < 4.78 is 0. The van der Waals surface area contributed by atoms with Crippen LogP contribution in [-0.2, 0) is 4.79 Å². The summed E-state index contributed by atoms with van der Waals surface area (Å²) in [5.74, 6) is -0.242. The smallest absolute Gasteiger partial charge is 0.323 e. The van der Waals surface area contributed by atoms with Gasteiger partial charge in [0.05, 0.1) is 0 Å². The topological polar surface area (TPSA) is 78.4 Å². The van der Waals surface area contributed by atoms with Crippen molar-refractivity contribution in [2.45, 2.75) is 13.0 Å². The summed E-state index contributed by atoms with van der Waals surface area (Å²) in [5.41, 5.74) is 0. The maximum absolute atomic E-state index is 10.9. The molecule has 0 aliphatic rings. The molecule has 1 unspecified atom stereocenters. The number of carbonyl (C=O) groups excluding carboxylic acids is 1. The Kier molecular flexibility index (Phi) is 6.13. The Hall–Kier alpha value is -0.910. The first-order valence-corrected chi connectivity index (χ1v) is 5.20. The summed E-state index contributed by atoms with van der Waals surface area (Å²) in [6.07, 6.45) is 1.94. The molecule has 0 aliphatic heterocycles. The molecule has 0 radical (unpaired) electrons. The lowest BCUT2D eigenvalue weighted by Gasteiger charge is -2.12. The fraction of sp³-hybridized carbons (Fsp3) is 0.714. The average molecular weight is 206 g/mol. The summed E-state index contributed by atoms with van der Waals surface area (Å²) in [6.45, 7) is 1.51. The summed E-state index contributed by atoms with van der Waals surface area (Å²) >= 11 is 1.62. The van der Waals surface area contributed by atoms with Gasteiger partial charge in [0.15, 0.2) is 0 Å². The monoisotopic (exact) mass is 206 g/mol. The van der Waals surface area contributed by atoms with Crippen LogP contribution in [-0.4, -0.2) is 41.7 Å². The predicted octanol–water partition coefficient (Wildman–Crippen LogP) is 0.122. The van der Waals surface area contributed by atoms with Crippen molar-refractivity contribution in [2.24, 2.45) is 0 Å². The van der Waals surface area contributed by atoms with E-state index in [-0.39, 0.29) is 12.6 Å². The Labute approximate surface area is 81.3 Å². The van der Waals surface area contributed by atoms with Crippen molar-refractivity contribution in [3.05, 3.63) is 0 Å². The fourth-order valence-electron chi connectivity index (χ4n) is 0.722. The van der Waals surface area contributed by atoms with Crippen LogP contribution in [0.15, 0.2) is 0 Å². The van der Waals surface area contributed by atoms with Gasteiger partial charge >= 0.3 is 12.0 Å².